The van der Waals surface area contributed by atoms with E-state index in [2.05, 4.69) is 41.5 Å². The van der Waals surface area contributed by atoms with Crippen LogP contribution < -0.4 is 0 Å². The summed E-state index contributed by atoms with van der Waals surface area (Å²) in [5, 5.41) is 8.44. The van der Waals surface area contributed by atoms with Gasteiger partial charge in [-0.15, -0.1) is 5.10 Å². The second kappa shape index (κ2) is 4.29. The number of benzene rings is 1. The monoisotopic (exact) mass is 240 g/mol. The molecule has 0 saturated heterocycles. The number of hydrogen-bond acceptors (Lipinski definition) is 3. The molecule has 92 valence electrons. The second-order valence-electron chi connectivity index (χ2n) is 4.62. The van der Waals surface area contributed by atoms with E-state index in [1.165, 1.54) is 5.57 Å². The third-order valence-corrected chi connectivity index (χ3v) is 3.21. The molecule has 3 rings (SSSR count). The van der Waals surface area contributed by atoms with Crippen LogP contribution in [0.15, 0.2) is 42.1 Å². The fourth-order valence-electron chi connectivity index (χ4n) is 2.27. The average Bonchev–Trinajstić information content (AvgIpc) is 2.81. The maximum absolute atomic E-state index is 4.25. The number of allylic oxidation sites excluding steroid dienone is 2. The molecule has 1 aliphatic rings. The first kappa shape index (κ1) is 11.0. The number of fused-ring (bicyclic) bond motifs is 1. The van der Waals surface area contributed by atoms with E-state index in [-0.39, 0.29) is 0 Å². The van der Waals surface area contributed by atoms with Gasteiger partial charge in [-0.1, -0.05) is 24.3 Å². The minimum absolute atomic E-state index is 0.929. The minimum Gasteiger partial charge on any atom is -0.375 e. The number of rotatable bonds is 2. The minimum atomic E-state index is 0.929. The number of para-hydroxylation sites is 1. The standard InChI is InChI=1S/C14H16N4/c1-3-11-8-12(10-17(2)9-11)18-14-7-5-4-6-13(14)15-16-18/h4-8,10H,3,9H2,1-2H3. The fraction of sp³-hybridized carbons (Fsp3) is 0.286. The zero-order chi connectivity index (χ0) is 12.5. The summed E-state index contributed by atoms with van der Waals surface area (Å²) in [6, 6.07) is 8.02. The largest absolute Gasteiger partial charge is 0.375 e. The lowest BCUT2D eigenvalue weighted by molar-refractivity contribution is 0.483. The van der Waals surface area contributed by atoms with Crippen molar-refractivity contribution in [3.05, 3.63) is 42.1 Å². The summed E-state index contributed by atoms with van der Waals surface area (Å²) >= 11 is 0. The summed E-state index contributed by atoms with van der Waals surface area (Å²) in [5.41, 5.74) is 4.47. The van der Waals surface area contributed by atoms with Crippen LogP contribution in [0.1, 0.15) is 13.3 Å². The van der Waals surface area contributed by atoms with Crippen LogP contribution in [-0.4, -0.2) is 33.5 Å². The van der Waals surface area contributed by atoms with E-state index in [0.717, 1.165) is 29.7 Å². The van der Waals surface area contributed by atoms with Gasteiger partial charge in [0.2, 0.25) is 0 Å². The normalized spacial score (nSPS) is 15.8. The Hall–Kier alpha value is -2.10. The van der Waals surface area contributed by atoms with Crippen LogP contribution in [-0.2, 0) is 0 Å². The van der Waals surface area contributed by atoms with Gasteiger partial charge in [0.1, 0.15) is 5.52 Å². The highest BCUT2D eigenvalue weighted by atomic mass is 15.4. The molecule has 0 aliphatic carbocycles. The molecule has 1 aromatic carbocycles. The topological polar surface area (TPSA) is 34.0 Å². The Morgan fingerprint density at radius 3 is 2.94 bits per heavy atom. The summed E-state index contributed by atoms with van der Waals surface area (Å²) in [5.74, 6) is 0. The first-order valence-electron chi connectivity index (χ1n) is 6.20. The molecule has 2 aromatic rings. The van der Waals surface area contributed by atoms with Crippen LogP contribution in [0.3, 0.4) is 0 Å². The van der Waals surface area contributed by atoms with E-state index in [1.54, 1.807) is 0 Å². The van der Waals surface area contributed by atoms with Crippen LogP contribution in [0.4, 0.5) is 0 Å². The predicted molar refractivity (Wildman–Crippen MR) is 72.8 cm³/mol. The maximum Gasteiger partial charge on any atom is 0.113 e. The molecule has 0 N–H and O–H groups in total. The molecule has 0 unspecified atom stereocenters. The van der Waals surface area contributed by atoms with E-state index in [1.807, 2.05) is 28.9 Å². The Morgan fingerprint density at radius 2 is 2.11 bits per heavy atom. The lowest BCUT2D eigenvalue weighted by Gasteiger charge is -2.22. The molecule has 18 heavy (non-hydrogen) atoms. The molecule has 0 atom stereocenters. The van der Waals surface area contributed by atoms with Crippen molar-refractivity contribution in [3.63, 3.8) is 0 Å². The van der Waals surface area contributed by atoms with E-state index >= 15 is 0 Å². The Morgan fingerprint density at radius 1 is 1.28 bits per heavy atom. The third-order valence-electron chi connectivity index (χ3n) is 3.21. The van der Waals surface area contributed by atoms with E-state index in [0.29, 0.717) is 0 Å². The quantitative estimate of drug-likeness (QED) is 0.808. The van der Waals surface area contributed by atoms with Gasteiger partial charge in [-0.25, -0.2) is 4.68 Å². The SMILES string of the molecule is CCC1=CC(n2nnc3ccccc32)=CN(C)C1. The van der Waals surface area contributed by atoms with Gasteiger partial charge in [0.15, 0.2) is 0 Å². The van der Waals surface area contributed by atoms with Gasteiger partial charge in [-0.2, -0.15) is 0 Å². The Bertz CT molecular complexity index is 636. The van der Waals surface area contributed by atoms with E-state index in [9.17, 15) is 0 Å². The van der Waals surface area contributed by atoms with Crippen LogP contribution in [0.5, 0.6) is 0 Å². The molecular formula is C14H16N4. The molecule has 0 bridgehead atoms. The van der Waals surface area contributed by atoms with E-state index in [4.69, 9.17) is 0 Å². The Balaban J connectivity index is 2.12. The zero-order valence-corrected chi connectivity index (χ0v) is 10.7. The van der Waals surface area contributed by atoms with Crippen LogP contribution >= 0.6 is 0 Å². The predicted octanol–water partition coefficient (Wildman–Crippen LogP) is 2.51. The van der Waals surface area contributed by atoms with Crippen molar-refractivity contribution in [1.29, 1.82) is 0 Å². The van der Waals surface area contributed by atoms with Crippen molar-refractivity contribution < 1.29 is 0 Å². The molecule has 0 saturated carbocycles. The molecule has 4 nitrogen and oxygen atoms in total. The number of aromatic nitrogens is 3. The molecule has 1 aliphatic heterocycles. The summed E-state index contributed by atoms with van der Waals surface area (Å²) in [7, 11) is 2.09. The fourth-order valence-corrected chi connectivity index (χ4v) is 2.27. The van der Waals surface area contributed by atoms with Crippen LogP contribution in [0.2, 0.25) is 0 Å². The van der Waals surface area contributed by atoms with E-state index < -0.39 is 0 Å². The van der Waals surface area contributed by atoms with Crippen molar-refractivity contribution >= 4 is 16.7 Å². The summed E-state index contributed by atoms with van der Waals surface area (Å²) in [6.07, 6.45) is 5.38. The molecule has 0 radical (unpaired) electrons. The number of hydrogen-bond donors (Lipinski definition) is 0. The highest BCUT2D eigenvalue weighted by Crippen LogP contribution is 2.21. The first-order chi connectivity index (χ1) is 8.78. The molecule has 0 amide bonds. The summed E-state index contributed by atoms with van der Waals surface area (Å²) in [4.78, 5) is 2.19. The lowest BCUT2D eigenvalue weighted by Crippen LogP contribution is -2.20. The zero-order valence-electron chi connectivity index (χ0n) is 10.7. The smallest absolute Gasteiger partial charge is 0.113 e. The van der Waals surface area contributed by atoms with Gasteiger partial charge in [0, 0.05) is 19.8 Å². The van der Waals surface area contributed by atoms with Crippen molar-refractivity contribution in [1.82, 2.24) is 19.9 Å². The molecule has 0 spiro atoms. The Labute approximate surface area is 106 Å². The van der Waals surface area contributed by atoms with Crippen molar-refractivity contribution in [2.75, 3.05) is 13.6 Å². The van der Waals surface area contributed by atoms with Gasteiger partial charge in [0.25, 0.3) is 0 Å². The maximum atomic E-state index is 4.25. The lowest BCUT2D eigenvalue weighted by atomic mass is 10.1. The molecule has 4 heteroatoms. The van der Waals surface area contributed by atoms with Crippen molar-refractivity contribution in [2.45, 2.75) is 13.3 Å². The molecule has 2 heterocycles. The van der Waals surface area contributed by atoms with Gasteiger partial charge < -0.3 is 4.90 Å². The van der Waals surface area contributed by atoms with Crippen LogP contribution in [0, 0.1) is 0 Å². The number of nitrogens with zero attached hydrogens (tertiary/aromatic N) is 4. The Kier molecular flexibility index (Phi) is 2.63. The summed E-state index contributed by atoms with van der Waals surface area (Å²) in [6.45, 7) is 3.18. The summed E-state index contributed by atoms with van der Waals surface area (Å²) < 4.78 is 1.90. The van der Waals surface area contributed by atoms with Gasteiger partial charge >= 0.3 is 0 Å². The molecule has 0 fully saturated rings. The second-order valence-corrected chi connectivity index (χ2v) is 4.62. The van der Waals surface area contributed by atoms with Gasteiger partial charge in [0.05, 0.1) is 11.2 Å². The number of likely N-dealkylation sites (N-methyl/N-ethyl adjacent to an activating group) is 1. The van der Waals surface area contributed by atoms with Crippen LogP contribution in [0.25, 0.3) is 16.7 Å². The van der Waals surface area contributed by atoms with Gasteiger partial charge in [-0.3, -0.25) is 0 Å². The third kappa shape index (κ3) is 1.79. The van der Waals surface area contributed by atoms with Gasteiger partial charge in [-0.05, 0) is 30.2 Å². The van der Waals surface area contributed by atoms with Crippen molar-refractivity contribution in [3.8, 4) is 0 Å². The first-order valence-corrected chi connectivity index (χ1v) is 6.20. The van der Waals surface area contributed by atoms with Crippen molar-refractivity contribution in [2.24, 2.45) is 0 Å². The highest BCUT2D eigenvalue weighted by Gasteiger charge is 2.12. The molecular weight excluding hydrogens is 224 g/mol. The average molecular weight is 240 g/mol. The molecule has 1 aromatic heterocycles. The highest BCUT2D eigenvalue weighted by molar-refractivity contribution is 5.79.